The molecule has 0 bridgehead atoms. The van der Waals surface area contributed by atoms with E-state index in [1.807, 2.05) is 44.2 Å². The molecule has 0 amide bonds. The SMILES string of the molecule is C=C1C(c2cc(C(=C)N3CCC[C@@H]3c3nc(C)co3)cc(-c3ncco3)c2)=NN=C1[C@](C)(N)Cc1ccccc1. The largest absolute Gasteiger partial charge is 0.446 e. The molecule has 202 valence electrons. The van der Waals surface area contributed by atoms with E-state index in [0.717, 1.165) is 53.0 Å². The van der Waals surface area contributed by atoms with Gasteiger partial charge in [0.15, 0.2) is 0 Å². The van der Waals surface area contributed by atoms with Crippen molar-refractivity contribution in [1.82, 2.24) is 14.9 Å². The molecular weight excluding hydrogens is 500 g/mol. The lowest BCUT2D eigenvalue weighted by Gasteiger charge is -2.27. The second-order valence-electron chi connectivity index (χ2n) is 10.7. The topological polar surface area (TPSA) is 106 Å². The van der Waals surface area contributed by atoms with Crippen molar-refractivity contribution < 1.29 is 8.83 Å². The van der Waals surface area contributed by atoms with Gasteiger partial charge in [-0.05, 0) is 62.4 Å². The monoisotopic (exact) mass is 532 g/mol. The van der Waals surface area contributed by atoms with Crippen LogP contribution in [0.5, 0.6) is 0 Å². The van der Waals surface area contributed by atoms with Crippen LogP contribution in [-0.2, 0) is 6.42 Å². The molecule has 1 saturated heterocycles. The van der Waals surface area contributed by atoms with E-state index < -0.39 is 5.54 Å². The predicted octanol–water partition coefficient (Wildman–Crippen LogP) is 6.12. The van der Waals surface area contributed by atoms with E-state index in [-0.39, 0.29) is 6.04 Å². The molecule has 4 heterocycles. The average Bonchev–Trinajstić information content (AvgIpc) is 3.75. The minimum Gasteiger partial charge on any atom is -0.446 e. The molecule has 0 aliphatic carbocycles. The fourth-order valence-electron chi connectivity index (χ4n) is 5.59. The van der Waals surface area contributed by atoms with Gasteiger partial charge in [-0.25, -0.2) is 9.97 Å². The molecule has 0 unspecified atom stereocenters. The molecule has 2 aliphatic rings. The minimum absolute atomic E-state index is 0.0275. The minimum atomic E-state index is -0.743. The van der Waals surface area contributed by atoms with Gasteiger partial charge in [-0.3, -0.25) is 0 Å². The van der Waals surface area contributed by atoms with Crippen LogP contribution in [0.15, 0.2) is 105 Å². The first-order valence-electron chi connectivity index (χ1n) is 13.4. The quantitative estimate of drug-likeness (QED) is 0.293. The molecule has 8 heteroatoms. The summed E-state index contributed by atoms with van der Waals surface area (Å²) in [5.74, 6) is 1.22. The first kappa shape index (κ1) is 25.7. The fourth-order valence-corrected chi connectivity index (χ4v) is 5.59. The van der Waals surface area contributed by atoms with Crippen molar-refractivity contribution in [3.05, 3.63) is 114 Å². The van der Waals surface area contributed by atoms with Gasteiger partial charge in [-0.2, -0.15) is 5.10 Å². The predicted molar refractivity (Wildman–Crippen MR) is 157 cm³/mol. The van der Waals surface area contributed by atoms with Crippen molar-refractivity contribution in [2.24, 2.45) is 15.9 Å². The van der Waals surface area contributed by atoms with Crippen LogP contribution in [0.2, 0.25) is 0 Å². The lowest BCUT2D eigenvalue weighted by atomic mass is 9.83. The van der Waals surface area contributed by atoms with Crippen LogP contribution in [0.4, 0.5) is 0 Å². The molecule has 2 N–H and O–H groups in total. The molecule has 4 aromatic rings. The Morgan fingerprint density at radius 2 is 1.93 bits per heavy atom. The number of rotatable bonds is 8. The molecule has 6 rings (SSSR count). The number of benzene rings is 2. The standard InChI is InChI=1S/C32H32N6O2/c1-20-19-40-31(35-20)27-11-8-13-38(27)22(3)24-15-25(17-26(16-24)30-34-12-14-39-30)28-21(2)29(37-36-28)32(4,33)18-23-9-6-5-7-10-23/h5-7,9-10,12,14-17,19,27H,2-3,8,11,13,18,33H2,1,4H3/t27-,32-/m1/s1. The van der Waals surface area contributed by atoms with E-state index in [9.17, 15) is 0 Å². The lowest BCUT2D eigenvalue weighted by molar-refractivity contribution is 0.311. The van der Waals surface area contributed by atoms with Gasteiger partial charge in [-0.1, -0.05) is 43.5 Å². The second kappa shape index (κ2) is 10.2. The summed E-state index contributed by atoms with van der Waals surface area (Å²) >= 11 is 0. The molecule has 2 aromatic carbocycles. The number of aromatic nitrogens is 2. The first-order valence-corrected chi connectivity index (χ1v) is 13.4. The molecule has 2 aromatic heterocycles. The summed E-state index contributed by atoms with van der Waals surface area (Å²) in [5, 5.41) is 9.10. The first-order chi connectivity index (χ1) is 19.3. The van der Waals surface area contributed by atoms with Gasteiger partial charge in [0.1, 0.15) is 24.3 Å². The van der Waals surface area contributed by atoms with Crippen LogP contribution in [0, 0.1) is 6.92 Å². The summed E-state index contributed by atoms with van der Waals surface area (Å²) < 4.78 is 11.4. The highest BCUT2D eigenvalue weighted by Gasteiger charge is 2.35. The second-order valence-corrected chi connectivity index (χ2v) is 10.7. The van der Waals surface area contributed by atoms with Crippen LogP contribution in [0.1, 0.15) is 54.1 Å². The summed E-state index contributed by atoms with van der Waals surface area (Å²) in [6, 6.07) is 16.3. The van der Waals surface area contributed by atoms with Gasteiger partial charge in [0.05, 0.1) is 23.1 Å². The molecule has 2 aliphatic heterocycles. The smallest absolute Gasteiger partial charge is 0.225 e. The number of nitrogens with zero attached hydrogens (tertiary/aromatic N) is 5. The van der Waals surface area contributed by atoms with Crippen LogP contribution in [-0.4, -0.2) is 38.4 Å². The number of oxazole rings is 2. The van der Waals surface area contributed by atoms with Crippen molar-refractivity contribution in [2.75, 3.05) is 6.54 Å². The Balaban J connectivity index is 1.32. The summed E-state index contributed by atoms with van der Waals surface area (Å²) in [7, 11) is 0. The molecule has 0 spiro atoms. The van der Waals surface area contributed by atoms with Gasteiger partial charge in [0.25, 0.3) is 0 Å². The molecule has 1 fully saturated rings. The van der Waals surface area contributed by atoms with Gasteiger partial charge < -0.3 is 19.5 Å². The van der Waals surface area contributed by atoms with Crippen LogP contribution < -0.4 is 5.73 Å². The Morgan fingerprint density at radius 1 is 1.12 bits per heavy atom. The van der Waals surface area contributed by atoms with Crippen molar-refractivity contribution >= 4 is 17.1 Å². The Labute approximate surface area is 233 Å². The van der Waals surface area contributed by atoms with Crippen molar-refractivity contribution in [3.63, 3.8) is 0 Å². The van der Waals surface area contributed by atoms with E-state index in [2.05, 4.69) is 56.4 Å². The average molecular weight is 533 g/mol. The van der Waals surface area contributed by atoms with E-state index in [0.29, 0.717) is 35.2 Å². The van der Waals surface area contributed by atoms with E-state index in [1.165, 1.54) is 0 Å². The third-order valence-electron chi connectivity index (χ3n) is 7.52. The van der Waals surface area contributed by atoms with Gasteiger partial charge in [0, 0.05) is 28.9 Å². The Morgan fingerprint density at radius 3 is 2.65 bits per heavy atom. The zero-order valence-corrected chi connectivity index (χ0v) is 22.8. The van der Waals surface area contributed by atoms with Gasteiger partial charge in [-0.15, -0.1) is 5.10 Å². The number of aryl methyl sites for hydroxylation is 1. The zero-order chi connectivity index (χ0) is 27.9. The summed E-state index contributed by atoms with van der Waals surface area (Å²) in [6.07, 6.45) is 7.48. The normalized spacial score (nSPS) is 18.5. The van der Waals surface area contributed by atoms with Gasteiger partial charge >= 0.3 is 0 Å². The third-order valence-corrected chi connectivity index (χ3v) is 7.52. The molecule has 8 nitrogen and oxygen atoms in total. The van der Waals surface area contributed by atoms with E-state index in [1.54, 1.807) is 18.7 Å². The number of likely N-dealkylation sites (tertiary alicyclic amines) is 1. The fraction of sp³-hybridized carbons (Fsp3) is 0.250. The maximum Gasteiger partial charge on any atom is 0.225 e. The number of nitrogens with two attached hydrogens (primary N) is 1. The molecule has 40 heavy (non-hydrogen) atoms. The van der Waals surface area contributed by atoms with Gasteiger partial charge in [0.2, 0.25) is 11.8 Å². The Hall–Kier alpha value is -4.56. The highest BCUT2D eigenvalue weighted by molar-refractivity contribution is 6.34. The molecule has 2 atom stereocenters. The lowest BCUT2D eigenvalue weighted by Crippen LogP contribution is -2.47. The Bertz CT molecular complexity index is 1630. The van der Waals surface area contributed by atoms with E-state index in [4.69, 9.17) is 14.6 Å². The van der Waals surface area contributed by atoms with Crippen LogP contribution >= 0.6 is 0 Å². The molecular formula is C32H32N6O2. The van der Waals surface area contributed by atoms with E-state index >= 15 is 0 Å². The molecule has 0 radical (unpaired) electrons. The Kier molecular flexibility index (Phi) is 6.56. The molecule has 0 saturated carbocycles. The number of hydrogen-bond donors (Lipinski definition) is 1. The van der Waals surface area contributed by atoms with Crippen molar-refractivity contribution in [1.29, 1.82) is 0 Å². The van der Waals surface area contributed by atoms with Crippen LogP contribution in [0.3, 0.4) is 0 Å². The summed E-state index contributed by atoms with van der Waals surface area (Å²) in [6.45, 7) is 13.6. The van der Waals surface area contributed by atoms with Crippen molar-refractivity contribution in [2.45, 2.75) is 44.7 Å². The maximum atomic E-state index is 6.80. The summed E-state index contributed by atoms with van der Waals surface area (Å²) in [4.78, 5) is 11.2. The van der Waals surface area contributed by atoms with Crippen LogP contribution in [0.25, 0.3) is 17.2 Å². The number of hydrogen-bond acceptors (Lipinski definition) is 8. The highest BCUT2D eigenvalue weighted by Crippen LogP contribution is 2.38. The maximum absolute atomic E-state index is 6.80. The third kappa shape index (κ3) is 4.82. The summed E-state index contributed by atoms with van der Waals surface area (Å²) in [5.41, 5.74) is 13.5. The zero-order valence-electron chi connectivity index (χ0n) is 22.8. The highest BCUT2D eigenvalue weighted by atomic mass is 16.3. The van der Waals surface area contributed by atoms with Crippen molar-refractivity contribution in [3.8, 4) is 11.5 Å².